The van der Waals surface area contributed by atoms with Crippen molar-refractivity contribution < 1.29 is 18.7 Å². The molecule has 0 unspecified atom stereocenters. The minimum Gasteiger partial charge on any atom is -0.344 e. The smallest absolute Gasteiger partial charge is 0.344 e. The molecule has 2 aromatic carbocycles. The van der Waals surface area contributed by atoms with Gasteiger partial charge in [0.1, 0.15) is 0 Å². The molecule has 2 amide bonds. The number of hydrogen-bond donors (Lipinski definition) is 6. The summed E-state index contributed by atoms with van der Waals surface area (Å²) in [6, 6.07) is 20.9. The molecule has 10 nitrogen and oxygen atoms in total. The molecule has 2 aliphatic heterocycles. The Kier molecular flexibility index (Phi) is 16.5. The van der Waals surface area contributed by atoms with E-state index in [4.69, 9.17) is 0 Å². The summed E-state index contributed by atoms with van der Waals surface area (Å²) in [6.07, 6.45) is 30.5. The fraction of sp³-hybridized carbons (Fsp3) is 0.692. The number of amides is 2. The summed E-state index contributed by atoms with van der Waals surface area (Å²) < 4.78 is 4.77. The number of carbonyl (C=O) groups excluding carboxylic acids is 2. The molecular weight excluding hydrogens is 769 g/mol. The number of carbonyl (C=O) groups is 2. The molecule has 62 heavy (non-hydrogen) atoms. The van der Waals surface area contributed by atoms with Gasteiger partial charge in [0, 0.05) is 0 Å². The van der Waals surface area contributed by atoms with E-state index < -0.39 is 12.1 Å². The van der Waals surface area contributed by atoms with Gasteiger partial charge in [-0.25, -0.2) is 0 Å². The zero-order valence-corrected chi connectivity index (χ0v) is 37.9. The minimum atomic E-state index is -0.471. The summed E-state index contributed by atoms with van der Waals surface area (Å²) in [6.45, 7) is 1.70. The molecule has 6 aliphatic rings. The molecule has 0 bridgehead atoms. The van der Waals surface area contributed by atoms with Crippen LogP contribution in [-0.2, 0) is 9.59 Å². The third-order valence-electron chi connectivity index (χ3n) is 15.2. The molecule has 4 atom stereocenters. The molecule has 10 heteroatoms. The maximum absolute atomic E-state index is 15.2. The summed E-state index contributed by atoms with van der Waals surface area (Å²) in [7, 11) is 0. The maximum Gasteiger partial charge on any atom is 0.346 e. The Morgan fingerprint density at radius 2 is 0.677 bits per heavy atom. The fourth-order valence-electron chi connectivity index (χ4n) is 11.7. The van der Waals surface area contributed by atoms with Crippen LogP contribution in [0.1, 0.15) is 190 Å². The average Bonchev–Trinajstić information content (AvgIpc) is 3.34. The van der Waals surface area contributed by atoms with Crippen molar-refractivity contribution in [3.8, 4) is 0 Å². The quantitative estimate of drug-likeness (QED) is 0.101. The Hall–Kier alpha value is -4.08. The van der Waals surface area contributed by atoms with Crippen molar-refractivity contribution >= 4 is 23.7 Å². The van der Waals surface area contributed by atoms with Gasteiger partial charge in [-0.2, -0.15) is 0 Å². The highest BCUT2D eigenvalue weighted by Gasteiger charge is 2.40. The lowest BCUT2D eigenvalue weighted by Crippen LogP contribution is -2.59. The van der Waals surface area contributed by atoms with Crippen molar-refractivity contribution in [2.75, 3.05) is 13.1 Å². The van der Waals surface area contributed by atoms with E-state index in [1.807, 2.05) is 12.1 Å². The highest BCUT2D eigenvalue weighted by Crippen LogP contribution is 2.31. The Morgan fingerprint density at radius 1 is 0.387 bits per heavy atom. The van der Waals surface area contributed by atoms with Crippen molar-refractivity contribution in [1.82, 2.24) is 31.9 Å². The van der Waals surface area contributed by atoms with Crippen molar-refractivity contribution in [2.24, 2.45) is 0 Å². The second-order valence-corrected chi connectivity index (χ2v) is 19.8. The van der Waals surface area contributed by atoms with Crippen molar-refractivity contribution in [1.29, 1.82) is 0 Å². The standard InChI is InChI=1S/C52H78N8O2/c61-49(45-35-19-21-37-59(45)51(53-41-27-11-3-12-28-41)54-42-29-13-4-14-30-42)57-47(39-23-7-1-8-24-39)48(40-25-9-2-10-26-40)58-50(62)46-36-20-22-38-60(46)52(55-43-31-15-5-16-32-43)56-44-33-17-6-18-34-44/h1-2,7-10,23-26,41-48H,3-6,11-22,27-38H2,(H4,53,54,55,56,57,58,61,62)/p+2/t45-,46-,47-,48-/m0/s1. The van der Waals surface area contributed by atoms with Gasteiger partial charge in [-0.1, -0.05) is 138 Å². The molecule has 4 saturated carbocycles. The predicted octanol–water partition coefficient (Wildman–Crippen LogP) is 8.23. The van der Waals surface area contributed by atoms with E-state index >= 15 is 9.59 Å². The van der Waals surface area contributed by atoms with E-state index in [9.17, 15) is 0 Å². The normalized spacial score (nSPS) is 24.6. The number of guanidine groups is 2. The molecule has 6 N–H and O–H groups in total. The zero-order valence-electron chi connectivity index (χ0n) is 37.9. The number of benzene rings is 2. The number of hydrogen-bond acceptors (Lipinski definition) is 2. The third kappa shape index (κ3) is 12.1. The van der Waals surface area contributed by atoms with Gasteiger partial charge < -0.3 is 10.6 Å². The van der Waals surface area contributed by atoms with Gasteiger partial charge in [-0.15, -0.1) is 0 Å². The summed E-state index contributed by atoms with van der Waals surface area (Å²) in [5.41, 5.74) is 1.99. The van der Waals surface area contributed by atoms with Crippen LogP contribution in [-0.4, -0.2) is 82.2 Å². The van der Waals surface area contributed by atoms with Crippen LogP contribution < -0.4 is 31.9 Å². The molecule has 8 rings (SSSR count). The van der Waals surface area contributed by atoms with Crippen LogP contribution in [0.3, 0.4) is 0 Å². The van der Waals surface area contributed by atoms with Gasteiger partial charge in [0.25, 0.3) is 11.8 Å². The topological polar surface area (TPSA) is 112 Å². The van der Waals surface area contributed by atoms with Crippen LogP contribution in [0.4, 0.5) is 0 Å². The van der Waals surface area contributed by atoms with Gasteiger partial charge in [-0.3, -0.25) is 40.0 Å². The summed E-state index contributed by atoms with van der Waals surface area (Å²) in [4.78, 5) is 30.3. The zero-order chi connectivity index (χ0) is 42.4. The molecular formula is C52H80N8O2+2. The Balaban J connectivity index is 1.10. The van der Waals surface area contributed by atoms with E-state index in [1.165, 1.54) is 128 Å². The molecule has 0 aromatic heterocycles. The largest absolute Gasteiger partial charge is 0.346 e. The van der Waals surface area contributed by atoms with Crippen molar-refractivity contribution in [3.63, 3.8) is 0 Å². The lowest BCUT2D eigenvalue weighted by molar-refractivity contribution is -0.566. The minimum absolute atomic E-state index is 0.0328. The number of piperidine rings is 2. The first-order valence-electron chi connectivity index (χ1n) is 25.6. The highest BCUT2D eigenvalue weighted by molar-refractivity contribution is 5.85. The molecule has 6 fully saturated rings. The average molecular weight is 849 g/mol. The van der Waals surface area contributed by atoms with Crippen LogP contribution in [0.25, 0.3) is 0 Å². The van der Waals surface area contributed by atoms with Crippen LogP contribution in [0, 0.1) is 0 Å². The first-order valence-corrected chi connectivity index (χ1v) is 25.6. The summed E-state index contributed by atoms with van der Waals surface area (Å²) in [5, 5.41) is 23.3. The molecule has 4 aliphatic carbocycles. The first-order chi connectivity index (χ1) is 30.6. The number of nitrogens with zero attached hydrogens (tertiary/aromatic N) is 2. The van der Waals surface area contributed by atoms with Gasteiger partial charge in [0.2, 0.25) is 0 Å². The van der Waals surface area contributed by atoms with Gasteiger partial charge in [-0.05, 0) is 101 Å². The molecule has 0 radical (unpaired) electrons. The monoisotopic (exact) mass is 849 g/mol. The Morgan fingerprint density at radius 3 is 0.984 bits per heavy atom. The van der Waals surface area contributed by atoms with Crippen LogP contribution >= 0.6 is 0 Å². The maximum atomic E-state index is 15.2. The van der Waals surface area contributed by atoms with E-state index in [0.29, 0.717) is 24.2 Å². The molecule has 0 spiro atoms. The van der Waals surface area contributed by atoms with E-state index in [2.05, 4.69) is 89.6 Å². The Labute approximate surface area is 373 Å². The lowest BCUT2D eigenvalue weighted by atomic mass is 9.91. The van der Waals surface area contributed by atoms with Gasteiger partial charge in [0.15, 0.2) is 12.1 Å². The van der Waals surface area contributed by atoms with Crippen molar-refractivity contribution in [3.05, 3.63) is 71.8 Å². The number of nitrogens with one attached hydrogen (secondary N) is 6. The van der Waals surface area contributed by atoms with E-state index in [-0.39, 0.29) is 23.9 Å². The number of rotatable bonds is 11. The van der Waals surface area contributed by atoms with Crippen LogP contribution in [0.5, 0.6) is 0 Å². The van der Waals surface area contributed by atoms with Gasteiger partial charge >= 0.3 is 11.9 Å². The predicted molar refractivity (Wildman–Crippen MR) is 250 cm³/mol. The fourth-order valence-corrected chi connectivity index (χ4v) is 11.7. The molecule has 2 heterocycles. The van der Waals surface area contributed by atoms with Crippen molar-refractivity contribution in [2.45, 2.75) is 215 Å². The molecule has 338 valence electrons. The van der Waals surface area contributed by atoms with E-state index in [1.54, 1.807) is 0 Å². The third-order valence-corrected chi connectivity index (χ3v) is 15.2. The van der Waals surface area contributed by atoms with Crippen LogP contribution in [0.2, 0.25) is 0 Å². The first kappa shape index (κ1) is 44.5. The molecule has 2 saturated heterocycles. The van der Waals surface area contributed by atoms with Crippen LogP contribution in [0.15, 0.2) is 60.7 Å². The molecule has 2 aromatic rings. The van der Waals surface area contributed by atoms with E-state index in [0.717, 1.165) is 74.7 Å². The summed E-state index contributed by atoms with van der Waals surface area (Å²) in [5.74, 6) is 2.21. The lowest BCUT2D eigenvalue weighted by Gasteiger charge is -2.35. The summed E-state index contributed by atoms with van der Waals surface area (Å²) >= 11 is 0. The second kappa shape index (κ2) is 23.0. The van der Waals surface area contributed by atoms with Gasteiger partial charge in [0.05, 0.1) is 49.3 Å². The highest BCUT2D eigenvalue weighted by atomic mass is 16.2. The second-order valence-electron chi connectivity index (χ2n) is 19.8. The SMILES string of the molecule is O=C(N[C@@H](c1ccccc1)[C@@H](NC(=O)[C@@H]1CCCC[N+]1=C(NC1CCCCC1)NC1CCCCC1)c1ccccc1)[C@@H]1CCCC[N+]1=C(NC1CCCCC1)NC1CCCCC1. The Bertz CT molecular complexity index is 1590.